The predicted molar refractivity (Wildman–Crippen MR) is 107 cm³/mol. The van der Waals surface area contributed by atoms with Crippen LogP contribution in [0.2, 0.25) is 0 Å². The summed E-state index contributed by atoms with van der Waals surface area (Å²) in [6, 6.07) is 2.12. The van der Waals surface area contributed by atoms with Crippen molar-refractivity contribution in [2.24, 2.45) is 10.9 Å². The average Bonchev–Trinajstić information content (AvgIpc) is 3.03. The summed E-state index contributed by atoms with van der Waals surface area (Å²) in [6.45, 7) is 9.38. The highest BCUT2D eigenvalue weighted by atomic mass is 127. The van der Waals surface area contributed by atoms with Gasteiger partial charge in [-0.05, 0) is 52.3 Å². The van der Waals surface area contributed by atoms with Crippen LogP contribution in [0.1, 0.15) is 24.2 Å². The lowest BCUT2D eigenvalue weighted by Gasteiger charge is -2.15. The minimum Gasteiger partial charge on any atom is -0.356 e. The van der Waals surface area contributed by atoms with Gasteiger partial charge in [-0.3, -0.25) is 9.67 Å². The molecule has 2 N–H and O–H groups in total. The van der Waals surface area contributed by atoms with E-state index in [0.717, 1.165) is 43.6 Å². The van der Waals surface area contributed by atoms with E-state index in [1.807, 2.05) is 14.0 Å². The second-order valence-electron chi connectivity index (χ2n) is 6.30. The van der Waals surface area contributed by atoms with Crippen molar-refractivity contribution in [2.45, 2.75) is 33.2 Å². The van der Waals surface area contributed by atoms with Gasteiger partial charge in [0.05, 0.1) is 5.69 Å². The maximum Gasteiger partial charge on any atom is 0.190 e. The summed E-state index contributed by atoms with van der Waals surface area (Å²) in [5.41, 5.74) is 2.31. The largest absolute Gasteiger partial charge is 0.356 e. The van der Waals surface area contributed by atoms with Crippen LogP contribution >= 0.6 is 24.0 Å². The molecule has 1 aliphatic rings. The molecule has 1 aliphatic heterocycles. The molecule has 0 amide bonds. The molecular weight excluding hydrogens is 403 g/mol. The zero-order valence-electron chi connectivity index (χ0n) is 14.8. The molecule has 23 heavy (non-hydrogen) atoms. The molecule has 1 aromatic rings. The molecule has 132 valence electrons. The van der Waals surface area contributed by atoms with Gasteiger partial charge < -0.3 is 15.5 Å². The van der Waals surface area contributed by atoms with E-state index >= 15 is 0 Å². The molecule has 0 aromatic carbocycles. The van der Waals surface area contributed by atoms with Crippen LogP contribution in [0.25, 0.3) is 0 Å². The van der Waals surface area contributed by atoms with Crippen LogP contribution in [0.4, 0.5) is 0 Å². The Morgan fingerprint density at radius 1 is 1.39 bits per heavy atom. The number of guanidine groups is 1. The molecule has 0 aliphatic carbocycles. The Bertz CT molecular complexity index is 499. The fraction of sp³-hybridized carbons (Fsp3) is 0.750. The van der Waals surface area contributed by atoms with E-state index in [1.54, 1.807) is 0 Å². The van der Waals surface area contributed by atoms with Gasteiger partial charge in [0.15, 0.2) is 5.96 Å². The van der Waals surface area contributed by atoms with Gasteiger partial charge in [-0.25, -0.2) is 0 Å². The van der Waals surface area contributed by atoms with Gasteiger partial charge in [0.25, 0.3) is 0 Å². The highest BCUT2D eigenvalue weighted by Gasteiger charge is 2.19. The van der Waals surface area contributed by atoms with Gasteiger partial charge in [0.2, 0.25) is 0 Å². The minimum absolute atomic E-state index is 0. The normalized spacial score (nSPS) is 18.8. The van der Waals surface area contributed by atoms with E-state index in [0.29, 0.717) is 0 Å². The van der Waals surface area contributed by atoms with Crippen molar-refractivity contribution in [1.82, 2.24) is 25.3 Å². The summed E-state index contributed by atoms with van der Waals surface area (Å²) in [4.78, 5) is 6.68. The van der Waals surface area contributed by atoms with Crippen LogP contribution in [0, 0.1) is 19.8 Å². The average molecular weight is 434 g/mol. The number of rotatable bonds is 6. The molecular formula is C16H31IN6. The number of nitrogens with one attached hydrogen (secondary N) is 2. The Labute approximate surface area is 157 Å². The first-order chi connectivity index (χ1) is 10.6. The maximum absolute atomic E-state index is 4.48. The summed E-state index contributed by atoms with van der Waals surface area (Å²) in [7, 11) is 4.02. The first-order valence-electron chi connectivity index (χ1n) is 8.22. The second-order valence-corrected chi connectivity index (χ2v) is 6.30. The zero-order chi connectivity index (χ0) is 15.9. The molecule has 1 atom stereocenters. The number of aryl methyl sites for hydroxylation is 3. The summed E-state index contributed by atoms with van der Waals surface area (Å²) in [5, 5.41) is 11.3. The Balaban J connectivity index is 0.00000264. The quantitative estimate of drug-likeness (QED) is 0.309. The smallest absolute Gasteiger partial charge is 0.190 e. The van der Waals surface area contributed by atoms with Gasteiger partial charge in [-0.15, -0.1) is 24.0 Å². The van der Waals surface area contributed by atoms with Crippen molar-refractivity contribution in [3.63, 3.8) is 0 Å². The number of hydrogen-bond donors (Lipinski definition) is 2. The lowest BCUT2D eigenvalue weighted by molar-refractivity contribution is 0.394. The summed E-state index contributed by atoms with van der Waals surface area (Å²) < 4.78 is 2.07. The lowest BCUT2D eigenvalue weighted by atomic mass is 10.1. The van der Waals surface area contributed by atoms with E-state index < -0.39 is 0 Å². The molecule has 1 saturated heterocycles. The molecule has 0 bridgehead atoms. The number of aromatic nitrogens is 2. The molecule has 6 nitrogen and oxygen atoms in total. The fourth-order valence-corrected chi connectivity index (χ4v) is 2.99. The van der Waals surface area contributed by atoms with Crippen molar-refractivity contribution in [3.8, 4) is 0 Å². The van der Waals surface area contributed by atoms with Gasteiger partial charge in [0.1, 0.15) is 0 Å². The van der Waals surface area contributed by atoms with Crippen molar-refractivity contribution < 1.29 is 0 Å². The summed E-state index contributed by atoms with van der Waals surface area (Å²) in [5.74, 6) is 1.64. The Morgan fingerprint density at radius 2 is 2.17 bits per heavy atom. The van der Waals surface area contributed by atoms with Crippen LogP contribution in [-0.4, -0.2) is 60.9 Å². The topological polar surface area (TPSA) is 57.5 Å². The Hall–Kier alpha value is -0.830. The monoisotopic (exact) mass is 434 g/mol. The zero-order valence-corrected chi connectivity index (χ0v) is 17.1. The number of likely N-dealkylation sites (tertiary alicyclic amines) is 1. The van der Waals surface area contributed by atoms with Gasteiger partial charge in [0, 0.05) is 38.9 Å². The highest BCUT2D eigenvalue weighted by molar-refractivity contribution is 14.0. The van der Waals surface area contributed by atoms with E-state index in [9.17, 15) is 0 Å². The van der Waals surface area contributed by atoms with Gasteiger partial charge in [-0.2, -0.15) is 5.10 Å². The van der Waals surface area contributed by atoms with Gasteiger partial charge in [-0.1, -0.05) is 0 Å². The molecule has 0 spiro atoms. The van der Waals surface area contributed by atoms with Gasteiger partial charge >= 0.3 is 0 Å². The molecule has 0 radical (unpaired) electrons. The molecule has 2 rings (SSSR count). The number of nitrogens with zero attached hydrogens (tertiary/aromatic N) is 4. The van der Waals surface area contributed by atoms with E-state index in [1.165, 1.54) is 25.2 Å². The van der Waals surface area contributed by atoms with E-state index in [2.05, 4.69) is 50.3 Å². The number of hydrogen-bond acceptors (Lipinski definition) is 3. The second kappa shape index (κ2) is 10.1. The Morgan fingerprint density at radius 3 is 2.74 bits per heavy atom. The molecule has 7 heteroatoms. The molecule has 1 aromatic heterocycles. The molecule has 1 unspecified atom stereocenters. The highest BCUT2D eigenvalue weighted by Crippen LogP contribution is 2.12. The maximum atomic E-state index is 4.48. The van der Waals surface area contributed by atoms with Crippen molar-refractivity contribution in [2.75, 3.05) is 40.3 Å². The van der Waals surface area contributed by atoms with Crippen LogP contribution in [0.5, 0.6) is 0 Å². The molecule has 1 fully saturated rings. The lowest BCUT2D eigenvalue weighted by Crippen LogP contribution is -2.40. The van der Waals surface area contributed by atoms with Crippen LogP contribution in [-0.2, 0) is 6.54 Å². The molecule has 0 saturated carbocycles. The summed E-state index contributed by atoms with van der Waals surface area (Å²) >= 11 is 0. The van der Waals surface area contributed by atoms with E-state index in [-0.39, 0.29) is 24.0 Å². The summed E-state index contributed by atoms with van der Waals surface area (Å²) in [6.07, 6.45) is 2.31. The Kier molecular flexibility index (Phi) is 8.90. The number of aliphatic imine (C=N–C) groups is 1. The molecule has 2 heterocycles. The van der Waals surface area contributed by atoms with Crippen molar-refractivity contribution >= 4 is 29.9 Å². The standard InChI is InChI=1S/C16H30N6.HI/c1-13-10-14(2)22(20-13)8-5-7-18-16(17-3)19-11-15-6-9-21(4)12-15;/h10,15H,5-9,11-12H2,1-4H3,(H2,17,18,19);1H. The SMILES string of the molecule is CN=C(NCCCn1nc(C)cc1C)NCC1CCN(C)C1.I. The first kappa shape index (κ1) is 20.2. The third-order valence-corrected chi connectivity index (χ3v) is 4.21. The third-order valence-electron chi connectivity index (χ3n) is 4.21. The third kappa shape index (κ3) is 6.66. The minimum atomic E-state index is 0. The van der Waals surface area contributed by atoms with E-state index in [4.69, 9.17) is 0 Å². The number of halogens is 1. The fourth-order valence-electron chi connectivity index (χ4n) is 2.99. The van der Waals surface area contributed by atoms with Crippen molar-refractivity contribution in [3.05, 3.63) is 17.5 Å². The predicted octanol–water partition coefficient (Wildman–Crippen LogP) is 1.62. The van der Waals surface area contributed by atoms with Crippen LogP contribution < -0.4 is 10.6 Å². The van der Waals surface area contributed by atoms with Crippen LogP contribution in [0.15, 0.2) is 11.1 Å². The first-order valence-corrected chi connectivity index (χ1v) is 8.22. The van der Waals surface area contributed by atoms with Crippen LogP contribution in [0.3, 0.4) is 0 Å². The van der Waals surface area contributed by atoms with Crippen molar-refractivity contribution in [1.29, 1.82) is 0 Å².